The van der Waals surface area contributed by atoms with Gasteiger partial charge in [0, 0.05) is 20.2 Å². The number of carbonyl (C=O) groups excluding carboxylic acids is 1. The number of ether oxygens (including phenoxy) is 2. The zero-order valence-electron chi connectivity index (χ0n) is 13.3. The van der Waals surface area contributed by atoms with Gasteiger partial charge in [0.25, 0.3) is 0 Å². The number of urea groups is 1. The summed E-state index contributed by atoms with van der Waals surface area (Å²) in [6.45, 7) is 2.76. The second-order valence-electron chi connectivity index (χ2n) is 5.69. The number of nitrogens with zero attached hydrogens (tertiary/aromatic N) is 1. The number of carbonyl (C=O) groups is 1. The molecule has 0 radical (unpaired) electrons. The Morgan fingerprint density at radius 3 is 3.00 bits per heavy atom. The van der Waals surface area contributed by atoms with Crippen LogP contribution in [0.25, 0.3) is 10.8 Å². The molecule has 122 valence electrons. The third kappa shape index (κ3) is 3.81. The summed E-state index contributed by atoms with van der Waals surface area (Å²) in [6, 6.07) is 14.3. The molecule has 0 saturated carbocycles. The van der Waals surface area contributed by atoms with E-state index < -0.39 is 0 Å². The molecule has 3 rings (SSSR count). The fraction of sp³-hybridized carbons (Fsp3) is 0.389. The number of hydrogen-bond acceptors (Lipinski definition) is 3. The van der Waals surface area contributed by atoms with Gasteiger partial charge in [0.05, 0.1) is 25.9 Å². The summed E-state index contributed by atoms with van der Waals surface area (Å²) in [5, 5.41) is 5.38. The van der Waals surface area contributed by atoms with E-state index in [-0.39, 0.29) is 12.1 Å². The van der Waals surface area contributed by atoms with Crippen LogP contribution in [0.3, 0.4) is 0 Å². The maximum atomic E-state index is 12.4. The van der Waals surface area contributed by atoms with E-state index >= 15 is 0 Å². The van der Waals surface area contributed by atoms with Crippen LogP contribution in [0.15, 0.2) is 42.5 Å². The van der Waals surface area contributed by atoms with E-state index in [0.29, 0.717) is 32.8 Å². The summed E-state index contributed by atoms with van der Waals surface area (Å²) in [4.78, 5) is 14.2. The van der Waals surface area contributed by atoms with Crippen molar-refractivity contribution in [3.8, 4) is 0 Å². The fourth-order valence-corrected chi connectivity index (χ4v) is 2.92. The monoisotopic (exact) mass is 314 g/mol. The van der Waals surface area contributed by atoms with Crippen LogP contribution in [0.4, 0.5) is 4.79 Å². The molecule has 2 aromatic rings. The number of amides is 2. The summed E-state index contributed by atoms with van der Waals surface area (Å²) in [6.07, 6.45) is -0.0444. The van der Waals surface area contributed by atoms with Crippen molar-refractivity contribution in [2.24, 2.45) is 0 Å². The molecule has 1 heterocycles. The van der Waals surface area contributed by atoms with Crippen LogP contribution in [0.5, 0.6) is 0 Å². The number of morpholine rings is 1. The Hall–Kier alpha value is -2.11. The predicted octanol–water partition coefficient (Wildman–Crippen LogP) is 2.40. The van der Waals surface area contributed by atoms with E-state index in [2.05, 4.69) is 29.6 Å². The molecule has 1 atom stereocenters. The maximum absolute atomic E-state index is 12.4. The second kappa shape index (κ2) is 7.44. The quantitative estimate of drug-likeness (QED) is 0.943. The van der Waals surface area contributed by atoms with E-state index in [1.807, 2.05) is 18.2 Å². The van der Waals surface area contributed by atoms with Crippen molar-refractivity contribution in [1.29, 1.82) is 0 Å². The van der Waals surface area contributed by atoms with Crippen molar-refractivity contribution < 1.29 is 14.3 Å². The highest BCUT2D eigenvalue weighted by Crippen LogP contribution is 2.18. The number of rotatable bonds is 4. The van der Waals surface area contributed by atoms with Gasteiger partial charge in [0.2, 0.25) is 0 Å². The molecule has 0 unspecified atom stereocenters. The van der Waals surface area contributed by atoms with Crippen molar-refractivity contribution in [3.05, 3.63) is 48.0 Å². The molecule has 5 heteroatoms. The Morgan fingerprint density at radius 1 is 1.30 bits per heavy atom. The molecular weight excluding hydrogens is 292 g/mol. The van der Waals surface area contributed by atoms with Crippen molar-refractivity contribution in [2.45, 2.75) is 12.6 Å². The molecular formula is C18H22N2O3. The molecule has 0 spiro atoms. The van der Waals surface area contributed by atoms with Gasteiger partial charge in [-0.05, 0) is 16.3 Å². The Morgan fingerprint density at radius 2 is 2.13 bits per heavy atom. The molecule has 23 heavy (non-hydrogen) atoms. The molecule has 5 nitrogen and oxygen atoms in total. The molecule has 0 aliphatic carbocycles. The molecule has 0 aromatic heterocycles. The molecule has 1 aliphatic rings. The van der Waals surface area contributed by atoms with Gasteiger partial charge >= 0.3 is 6.03 Å². The van der Waals surface area contributed by atoms with Gasteiger partial charge in [-0.25, -0.2) is 4.79 Å². The number of fused-ring (bicyclic) bond motifs is 1. The van der Waals surface area contributed by atoms with Gasteiger partial charge in [-0.15, -0.1) is 0 Å². The highest BCUT2D eigenvalue weighted by Gasteiger charge is 2.23. The van der Waals surface area contributed by atoms with Crippen LogP contribution in [0.2, 0.25) is 0 Å². The summed E-state index contributed by atoms with van der Waals surface area (Å²) >= 11 is 0. The van der Waals surface area contributed by atoms with E-state index in [1.165, 1.54) is 10.8 Å². The highest BCUT2D eigenvalue weighted by molar-refractivity contribution is 5.86. The van der Waals surface area contributed by atoms with Crippen molar-refractivity contribution in [2.75, 3.05) is 33.4 Å². The van der Waals surface area contributed by atoms with E-state index in [4.69, 9.17) is 9.47 Å². The molecule has 1 fully saturated rings. The van der Waals surface area contributed by atoms with Crippen LogP contribution in [0, 0.1) is 0 Å². The number of hydrogen-bond donors (Lipinski definition) is 1. The first-order valence-corrected chi connectivity index (χ1v) is 7.88. The summed E-state index contributed by atoms with van der Waals surface area (Å²) < 4.78 is 10.7. The van der Waals surface area contributed by atoms with Gasteiger partial charge in [0.15, 0.2) is 0 Å². The summed E-state index contributed by atoms with van der Waals surface area (Å²) in [7, 11) is 1.64. The lowest BCUT2D eigenvalue weighted by Gasteiger charge is -2.32. The van der Waals surface area contributed by atoms with Gasteiger partial charge in [-0.1, -0.05) is 42.5 Å². The average molecular weight is 314 g/mol. The Bertz CT molecular complexity index is 667. The lowest BCUT2D eigenvalue weighted by molar-refractivity contribution is -0.0494. The molecule has 2 aromatic carbocycles. The van der Waals surface area contributed by atoms with Crippen molar-refractivity contribution in [3.63, 3.8) is 0 Å². The zero-order chi connectivity index (χ0) is 16.1. The van der Waals surface area contributed by atoms with Gasteiger partial charge in [0.1, 0.15) is 0 Å². The molecule has 2 amide bonds. The summed E-state index contributed by atoms with van der Waals surface area (Å²) in [5.74, 6) is 0. The molecule has 1 saturated heterocycles. The standard InChI is InChI=1S/C18H22N2O3/c1-22-13-16-12-20(9-10-23-16)18(21)19-11-15-7-4-6-14-5-2-3-8-17(14)15/h2-8,16H,9-13H2,1H3,(H,19,21)/t16-/m0/s1. The zero-order valence-corrected chi connectivity index (χ0v) is 13.3. The van der Waals surface area contributed by atoms with Crippen LogP contribution in [-0.2, 0) is 16.0 Å². The number of benzene rings is 2. The van der Waals surface area contributed by atoms with Crippen molar-refractivity contribution >= 4 is 16.8 Å². The largest absolute Gasteiger partial charge is 0.382 e. The van der Waals surface area contributed by atoms with Gasteiger partial charge in [-0.3, -0.25) is 0 Å². The SMILES string of the molecule is COC[C@@H]1CN(C(=O)NCc2cccc3ccccc23)CCO1. The number of methoxy groups -OCH3 is 1. The third-order valence-electron chi connectivity index (χ3n) is 4.09. The fourth-order valence-electron chi connectivity index (χ4n) is 2.92. The van der Waals surface area contributed by atoms with Crippen LogP contribution >= 0.6 is 0 Å². The lowest BCUT2D eigenvalue weighted by atomic mass is 10.0. The first kappa shape index (κ1) is 15.8. The average Bonchev–Trinajstić information content (AvgIpc) is 2.60. The topological polar surface area (TPSA) is 50.8 Å². The Labute approximate surface area is 136 Å². The molecule has 1 N–H and O–H groups in total. The third-order valence-corrected chi connectivity index (χ3v) is 4.09. The van der Waals surface area contributed by atoms with Crippen LogP contribution < -0.4 is 5.32 Å². The van der Waals surface area contributed by atoms with Gasteiger partial charge < -0.3 is 19.7 Å². The Balaban J connectivity index is 1.62. The predicted molar refractivity (Wildman–Crippen MR) is 89.4 cm³/mol. The maximum Gasteiger partial charge on any atom is 0.317 e. The smallest absolute Gasteiger partial charge is 0.317 e. The number of nitrogens with one attached hydrogen (secondary N) is 1. The first-order valence-electron chi connectivity index (χ1n) is 7.88. The minimum absolute atomic E-state index is 0.0444. The lowest BCUT2D eigenvalue weighted by Crippen LogP contribution is -2.50. The van der Waals surface area contributed by atoms with E-state index in [9.17, 15) is 4.79 Å². The van der Waals surface area contributed by atoms with Crippen LogP contribution in [-0.4, -0.2) is 50.4 Å². The Kier molecular flexibility index (Phi) is 5.10. The van der Waals surface area contributed by atoms with Crippen molar-refractivity contribution in [1.82, 2.24) is 10.2 Å². The molecule has 1 aliphatic heterocycles. The van der Waals surface area contributed by atoms with Gasteiger partial charge in [-0.2, -0.15) is 0 Å². The van der Waals surface area contributed by atoms with E-state index in [1.54, 1.807) is 12.0 Å². The second-order valence-corrected chi connectivity index (χ2v) is 5.69. The van der Waals surface area contributed by atoms with Crippen LogP contribution in [0.1, 0.15) is 5.56 Å². The summed E-state index contributed by atoms with van der Waals surface area (Å²) in [5.41, 5.74) is 1.12. The highest BCUT2D eigenvalue weighted by atomic mass is 16.5. The first-order chi connectivity index (χ1) is 11.3. The van der Waals surface area contributed by atoms with E-state index in [0.717, 1.165) is 5.56 Å². The minimum atomic E-state index is -0.0534. The minimum Gasteiger partial charge on any atom is -0.382 e. The molecule has 0 bridgehead atoms. The normalized spacial score (nSPS) is 18.1.